The van der Waals surface area contributed by atoms with Crippen LogP contribution in [-0.4, -0.2) is 13.1 Å². The Bertz CT molecular complexity index is 396. The number of hydrogen-bond acceptors (Lipinski definition) is 2. The number of nitrogens with one attached hydrogen (secondary N) is 1. The van der Waals surface area contributed by atoms with E-state index in [2.05, 4.69) is 44.3 Å². The Morgan fingerprint density at radius 1 is 1.33 bits per heavy atom. The molecule has 1 aromatic rings. The average molecular weight is 246 g/mol. The lowest BCUT2D eigenvalue weighted by atomic mass is 9.98. The summed E-state index contributed by atoms with van der Waals surface area (Å²) in [4.78, 5) is 0. The van der Waals surface area contributed by atoms with Crippen molar-refractivity contribution in [3.8, 4) is 0 Å². The molecule has 0 heterocycles. The number of hydrogen-bond donors (Lipinski definition) is 2. The van der Waals surface area contributed by atoms with Crippen LogP contribution in [0.5, 0.6) is 0 Å². The van der Waals surface area contributed by atoms with Gasteiger partial charge < -0.3 is 11.1 Å². The van der Waals surface area contributed by atoms with Crippen molar-refractivity contribution in [3.63, 3.8) is 0 Å². The average Bonchev–Trinajstić information content (AvgIpc) is 3.18. The second-order valence-corrected chi connectivity index (χ2v) is 5.87. The molecule has 0 amide bonds. The standard InChI is InChI=1S/C16H26N2/c1-11-4-5-12(2)15(8-11)16(9-17)18-10-13(3)14-6-7-14/h4-5,8,13-14,16,18H,6-7,9-10,17H2,1-3H3. The van der Waals surface area contributed by atoms with Gasteiger partial charge >= 0.3 is 0 Å². The molecule has 2 atom stereocenters. The molecule has 18 heavy (non-hydrogen) atoms. The van der Waals surface area contributed by atoms with Crippen molar-refractivity contribution in [1.29, 1.82) is 0 Å². The molecule has 0 spiro atoms. The van der Waals surface area contributed by atoms with Crippen LogP contribution in [0, 0.1) is 25.7 Å². The predicted molar refractivity (Wildman–Crippen MR) is 77.6 cm³/mol. The summed E-state index contributed by atoms with van der Waals surface area (Å²) in [6.45, 7) is 8.41. The summed E-state index contributed by atoms with van der Waals surface area (Å²) in [6.07, 6.45) is 2.83. The predicted octanol–water partition coefficient (Wildman–Crippen LogP) is 2.94. The van der Waals surface area contributed by atoms with Gasteiger partial charge in [0, 0.05) is 12.6 Å². The number of aryl methyl sites for hydroxylation is 2. The number of rotatable bonds is 6. The highest BCUT2D eigenvalue weighted by Crippen LogP contribution is 2.36. The maximum absolute atomic E-state index is 5.94. The molecule has 0 bridgehead atoms. The zero-order valence-corrected chi connectivity index (χ0v) is 11.9. The fourth-order valence-electron chi connectivity index (χ4n) is 2.62. The summed E-state index contributed by atoms with van der Waals surface area (Å²) in [5, 5.41) is 3.65. The highest BCUT2D eigenvalue weighted by atomic mass is 14.9. The Kier molecular flexibility index (Phi) is 4.41. The van der Waals surface area contributed by atoms with E-state index in [4.69, 9.17) is 5.73 Å². The Morgan fingerprint density at radius 2 is 2.06 bits per heavy atom. The molecule has 1 aliphatic carbocycles. The summed E-state index contributed by atoms with van der Waals surface area (Å²) in [6, 6.07) is 6.92. The Morgan fingerprint density at radius 3 is 2.67 bits per heavy atom. The minimum atomic E-state index is 0.297. The first-order valence-electron chi connectivity index (χ1n) is 7.12. The third kappa shape index (κ3) is 3.33. The van der Waals surface area contributed by atoms with Crippen LogP contribution in [0.4, 0.5) is 0 Å². The van der Waals surface area contributed by atoms with E-state index < -0.39 is 0 Å². The summed E-state index contributed by atoms with van der Waals surface area (Å²) >= 11 is 0. The molecule has 2 heteroatoms. The van der Waals surface area contributed by atoms with Crippen molar-refractivity contribution in [2.24, 2.45) is 17.6 Å². The van der Waals surface area contributed by atoms with E-state index in [1.807, 2.05) is 0 Å². The van der Waals surface area contributed by atoms with Crippen LogP contribution in [0.15, 0.2) is 18.2 Å². The largest absolute Gasteiger partial charge is 0.329 e. The van der Waals surface area contributed by atoms with Crippen molar-refractivity contribution >= 4 is 0 Å². The van der Waals surface area contributed by atoms with Gasteiger partial charge in [0.1, 0.15) is 0 Å². The minimum Gasteiger partial charge on any atom is -0.329 e. The molecule has 2 unspecified atom stereocenters. The SMILES string of the molecule is Cc1ccc(C)c(C(CN)NCC(C)C2CC2)c1. The van der Waals surface area contributed by atoms with E-state index in [1.165, 1.54) is 29.5 Å². The van der Waals surface area contributed by atoms with E-state index >= 15 is 0 Å². The summed E-state index contributed by atoms with van der Waals surface area (Å²) in [5.74, 6) is 1.73. The van der Waals surface area contributed by atoms with Gasteiger partial charge in [-0.3, -0.25) is 0 Å². The fourth-order valence-corrected chi connectivity index (χ4v) is 2.62. The van der Waals surface area contributed by atoms with Crippen LogP contribution in [0.1, 0.15) is 42.5 Å². The molecule has 0 aromatic heterocycles. The van der Waals surface area contributed by atoms with Gasteiger partial charge in [-0.25, -0.2) is 0 Å². The lowest BCUT2D eigenvalue weighted by molar-refractivity contribution is 0.422. The Labute approximate surface area is 111 Å². The summed E-state index contributed by atoms with van der Waals surface area (Å²) in [7, 11) is 0. The van der Waals surface area contributed by atoms with Crippen LogP contribution < -0.4 is 11.1 Å². The molecular weight excluding hydrogens is 220 g/mol. The number of nitrogens with two attached hydrogens (primary N) is 1. The Hall–Kier alpha value is -0.860. The van der Waals surface area contributed by atoms with Crippen molar-refractivity contribution < 1.29 is 0 Å². The third-order valence-electron chi connectivity index (χ3n) is 4.16. The zero-order chi connectivity index (χ0) is 13.1. The molecule has 0 aliphatic heterocycles. The molecule has 1 fully saturated rings. The van der Waals surface area contributed by atoms with Crippen molar-refractivity contribution in [3.05, 3.63) is 34.9 Å². The van der Waals surface area contributed by atoms with Crippen LogP contribution in [0.2, 0.25) is 0 Å². The summed E-state index contributed by atoms with van der Waals surface area (Å²) < 4.78 is 0. The smallest absolute Gasteiger partial charge is 0.0447 e. The van der Waals surface area contributed by atoms with Crippen molar-refractivity contribution in [2.45, 2.75) is 39.7 Å². The molecule has 100 valence electrons. The fraction of sp³-hybridized carbons (Fsp3) is 0.625. The molecular formula is C16H26N2. The first-order valence-corrected chi connectivity index (χ1v) is 7.12. The second kappa shape index (κ2) is 5.85. The first kappa shape index (κ1) is 13.6. The molecule has 1 aliphatic rings. The van der Waals surface area contributed by atoms with Gasteiger partial charge in [0.05, 0.1) is 0 Å². The van der Waals surface area contributed by atoms with Crippen LogP contribution in [0.25, 0.3) is 0 Å². The summed E-state index contributed by atoms with van der Waals surface area (Å²) in [5.41, 5.74) is 9.95. The normalized spacial score (nSPS) is 18.7. The zero-order valence-electron chi connectivity index (χ0n) is 11.9. The lowest BCUT2D eigenvalue weighted by Gasteiger charge is -2.22. The highest BCUT2D eigenvalue weighted by molar-refractivity contribution is 5.33. The van der Waals surface area contributed by atoms with Gasteiger partial charge in [0.15, 0.2) is 0 Å². The topological polar surface area (TPSA) is 38.0 Å². The van der Waals surface area contributed by atoms with Crippen LogP contribution >= 0.6 is 0 Å². The van der Waals surface area contributed by atoms with E-state index in [0.717, 1.165) is 18.4 Å². The molecule has 2 rings (SSSR count). The van der Waals surface area contributed by atoms with Gasteiger partial charge in [-0.05, 0) is 56.2 Å². The molecule has 2 nitrogen and oxygen atoms in total. The maximum atomic E-state index is 5.94. The Balaban J connectivity index is 2.00. The van der Waals surface area contributed by atoms with Crippen molar-refractivity contribution in [2.75, 3.05) is 13.1 Å². The highest BCUT2D eigenvalue weighted by Gasteiger charge is 2.28. The van der Waals surface area contributed by atoms with Gasteiger partial charge in [-0.15, -0.1) is 0 Å². The minimum absolute atomic E-state index is 0.297. The molecule has 3 N–H and O–H groups in total. The van der Waals surface area contributed by atoms with Gasteiger partial charge in [-0.2, -0.15) is 0 Å². The monoisotopic (exact) mass is 246 g/mol. The lowest BCUT2D eigenvalue weighted by Crippen LogP contribution is -2.32. The number of benzene rings is 1. The molecule has 1 aromatic carbocycles. The van der Waals surface area contributed by atoms with E-state index in [9.17, 15) is 0 Å². The van der Waals surface area contributed by atoms with E-state index in [0.29, 0.717) is 12.6 Å². The molecule has 0 saturated heterocycles. The quantitative estimate of drug-likeness (QED) is 0.810. The van der Waals surface area contributed by atoms with Crippen LogP contribution in [-0.2, 0) is 0 Å². The second-order valence-electron chi connectivity index (χ2n) is 5.87. The third-order valence-corrected chi connectivity index (χ3v) is 4.16. The van der Waals surface area contributed by atoms with E-state index in [1.54, 1.807) is 0 Å². The molecule has 1 saturated carbocycles. The molecule has 0 radical (unpaired) electrons. The van der Waals surface area contributed by atoms with Gasteiger partial charge in [-0.1, -0.05) is 30.7 Å². The van der Waals surface area contributed by atoms with Gasteiger partial charge in [0.25, 0.3) is 0 Å². The van der Waals surface area contributed by atoms with E-state index in [-0.39, 0.29) is 0 Å². The first-order chi connectivity index (χ1) is 8.61. The van der Waals surface area contributed by atoms with Gasteiger partial charge in [0.2, 0.25) is 0 Å². The van der Waals surface area contributed by atoms with Crippen molar-refractivity contribution in [1.82, 2.24) is 5.32 Å². The van der Waals surface area contributed by atoms with Crippen LogP contribution in [0.3, 0.4) is 0 Å². The maximum Gasteiger partial charge on any atom is 0.0447 e.